The van der Waals surface area contributed by atoms with E-state index in [4.69, 9.17) is 11.6 Å². The van der Waals surface area contributed by atoms with Crippen molar-refractivity contribution in [1.29, 1.82) is 0 Å². The van der Waals surface area contributed by atoms with E-state index < -0.39 is 0 Å². The van der Waals surface area contributed by atoms with Gasteiger partial charge in [0.15, 0.2) is 0 Å². The summed E-state index contributed by atoms with van der Waals surface area (Å²) in [5.74, 6) is 0.436. The smallest absolute Gasteiger partial charge is 0.142 e. The lowest BCUT2D eigenvalue weighted by molar-refractivity contribution is 0.520. The van der Waals surface area contributed by atoms with Crippen LogP contribution < -0.4 is 5.32 Å². The molecule has 0 heterocycles. The number of halogens is 2. The molecule has 0 aliphatic rings. The van der Waals surface area contributed by atoms with E-state index in [1.54, 1.807) is 6.07 Å². The maximum atomic E-state index is 13.1. The third-order valence-electron chi connectivity index (χ3n) is 2.70. The zero-order chi connectivity index (χ0) is 12.7. The van der Waals surface area contributed by atoms with E-state index in [9.17, 15) is 4.39 Å². The number of rotatable bonds is 7. The predicted molar refractivity (Wildman–Crippen MR) is 71.8 cm³/mol. The molecule has 0 bridgehead atoms. The summed E-state index contributed by atoms with van der Waals surface area (Å²) in [7, 11) is 0. The highest BCUT2D eigenvalue weighted by Crippen LogP contribution is 2.15. The fourth-order valence-corrected chi connectivity index (χ4v) is 1.80. The van der Waals surface area contributed by atoms with Gasteiger partial charge < -0.3 is 5.32 Å². The van der Waals surface area contributed by atoms with Crippen LogP contribution in [0.25, 0.3) is 0 Å². The van der Waals surface area contributed by atoms with Crippen LogP contribution in [0.3, 0.4) is 0 Å². The van der Waals surface area contributed by atoms with Gasteiger partial charge in [0.1, 0.15) is 5.82 Å². The Balaban J connectivity index is 2.16. The van der Waals surface area contributed by atoms with Crippen molar-refractivity contribution < 1.29 is 4.39 Å². The summed E-state index contributed by atoms with van der Waals surface area (Å²) in [6.45, 7) is 6.17. The van der Waals surface area contributed by atoms with Crippen LogP contribution in [-0.4, -0.2) is 6.54 Å². The van der Waals surface area contributed by atoms with E-state index in [-0.39, 0.29) is 10.8 Å². The highest BCUT2D eigenvalue weighted by atomic mass is 35.5. The number of unbranched alkanes of at least 4 members (excludes halogenated alkanes) is 1. The van der Waals surface area contributed by atoms with Crippen molar-refractivity contribution in [3.8, 4) is 0 Å². The Hall–Kier alpha value is -0.600. The van der Waals surface area contributed by atoms with Crippen LogP contribution in [0.15, 0.2) is 18.2 Å². The maximum absolute atomic E-state index is 13.1. The summed E-state index contributed by atoms with van der Waals surface area (Å²) >= 11 is 5.62. The van der Waals surface area contributed by atoms with Gasteiger partial charge in [-0.15, -0.1) is 0 Å². The monoisotopic (exact) mass is 257 g/mol. The van der Waals surface area contributed by atoms with E-state index in [1.807, 2.05) is 6.07 Å². The van der Waals surface area contributed by atoms with Gasteiger partial charge >= 0.3 is 0 Å². The Morgan fingerprint density at radius 2 is 2.06 bits per heavy atom. The van der Waals surface area contributed by atoms with Crippen molar-refractivity contribution in [1.82, 2.24) is 5.32 Å². The lowest BCUT2D eigenvalue weighted by atomic mass is 10.1. The second-order valence-corrected chi connectivity index (χ2v) is 5.22. The molecule has 1 N–H and O–H groups in total. The van der Waals surface area contributed by atoms with Gasteiger partial charge in [0.2, 0.25) is 0 Å². The third-order valence-corrected chi connectivity index (χ3v) is 3.00. The highest BCUT2D eigenvalue weighted by molar-refractivity contribution is 6.30. The standard InChI is InChI=1S/C14H21ClFN/c1-11(2)5-3-4-8-17-10-12-6-7-13(15)14(16)9-12/h6-7,9,11,17H,3-5,8,10H2,1-2H3. The first kappa shape index (κ1) is 14.5. The normalized spacial score (nSPS) is 11.1. The second-order valence-electron chi connectivity index (χ2n) is 4.81. The number of benzene rings is 1. The quantitative estimate of drug-likeness (QED) is 0.714. The number of hydrogen-bond donors (Lipinski definition) is 1. The van der Waals surface area contributed by atoms with Crippen molar-refractivity contribution in [2.24, 2.45) is 5.92 Å². The van der Waals surface area contributed by atoms with Gasteiger partial charge in [-0.05, 0) is 36.6 Å². The van der Waals surface area contributed by atoms with Gasteiger partial charge in [-0.2, -0.15) is 0 Å². The van der Waals surface area contributed by atoms with E-state index in [1.165, 1.54) is 25.3 Å². The van der Waals surface area contributed by atoms with Crippen molar-refractivity contribution in [3.63, 3.8) is 0 Å². The average molecular weight is 258 g/mol. The van der Waals surface area contributed by atoms with Crippen LogP contribution in [0, 0.1) is 11.7 Å². The van der Waals surface area contributed by atoms with Gasteiger partial charge in [-0.1, -0.05) is 44.4 Å². The molecule has 1 rings (SSSR count). The minimum atomic E-state index is -0.342. The molecule has 1 aromatic carbocycles. The van der Waals surface area contributed by atoms with Crippen LogP contribution in [-0.2, 0) is 6.54 Å². The van der Waals surface area contributed by atoms with Crippen LogP contribution in [0.1, 0.15) is 38.7 Å². The second kappa shape index (κ2) is 7.67. The Kier molecular flexibility index (Phi) is 6.53. The molecule has 0 spiro atoms. The molecule has 17 heavy (non-hydrogen) atoms. The molecule has 0 unspecified atom stereocenters. The van der Waals surface area contributed by atoms with Crippen molar-refractivity contribution in [3.05, 3.63) is 34.6 Å². The minimum absolute atomic E-state index is 0.186. The fourth-order valence-electron chi connectivity index (χ4n) is 1.68. The first-order valence-corrected chi connectivity index (χ1v) is 6.62. The van der Waals surface area contributed by atoms with Gasteiger partial charge in [0, 0.05) is 6.54 Å². The number of hydrogen-bond acceptors (Lipinski definition) is 1. The van der Waals surface area contributed by atoms with E-state index >= 15 is 0 Å². The molecule has 3 heteroatoms. The lowest BCUT2D eigenvalue weighted by Gasteiger charge is -2.07. The zero-order valence-corrected chi connectivity index (χ0v) is 11.4. The summed E-state index contributed by atoms with van der Waals surface area (Å²) < 4.78 is 13.1. The summed E-state index contributed by atoms with van der Waals surface area (Å²) in [6.07, 6.45) is 3.70. The lowest BCUT2D eigenvalue weighted by Crippen LogP contribution is -2.14. The third kappa shape index (κ3) is 6.04. The van der Waals surface area contributed by atoms with Gasteiger partial charge in [0.25, 0.3) is 0 Å². The number of nitrogens with one attached hydrogen (secondary N) is 1. The first-order chi connectivity index (χ1) is 8.09. The van der Waals surface area contributed by atoms with Crippen molar-refractivity contribution in [2.75, 3.05) is 6.54 Å². The van der Waals surface area contributed by atoms with Crippen LogP contribution in [0.5, 0.6) is 0 Å². The molecule has 1 nitrogen and oxygen atoms in total. The molecule has 0 atom stereocenters. The maximum Gasteiger partial charge on any atom is 0.142 e. The van der Waals surface area contributed by atoms with Crippen LogP contribution in [0.4, 0.5) is 4.39 Å². The molecule has 0 radical (unpaired) electrons. The Morgan fingerprint density at radius 1 is 1.29 bits per heavy atom. The van der Waals surface area contributed by atoms with E-state index in [2.05, 4.69) is 19.2 Å². The molecule has 0 fully saturated rings. The molecular weight excluding hydrogens is 237 g/mol. The van der Waals surface area contributed by atoms with Crippen LogP contribution in [0.2, 0.25) is 5.02 Å². The molecule has 0 aliphatic carbocycles. The SMILES string of the molecule is CC(C)CCCCNCc1ccc(Cl)c(F)c1. The summed E-state index contributed by atoms with van der Waals surface area (Å²) in [6, 6.07) is 4.95. The Morgan fingerprint density at radius 3 is 2.71 bits per heavy atom. The molecular formula is C14H21ClFN. The van der Waals surface area contributed by atoms with Gasteiger partial charge in [-0.25, -0.2) is 4.39 Å². The van der Waals surface area contributed by atoms with Gasteiger partial charge in [0.05, 0.1) is 5.02 Å². The molecule has 96 valence electrons. The summed E-state index contributed by atoms with van der Waals surface area (Å²) in [4.78, 5) is 0. The Bertz CT molecular complexity index is 339. The summed E-state index contributed by atoms with van der Waals surface area (Å²) in [5, 5.41) is 3.50. The Labute approximate surface area is 108 Å². The predicted octanol–water partition coefficient (Wildman–Crippen LogP) is 4.40. The van der Waals surface area contributed by atoms with Crippen molar-refractivity contribution in [2.45, 2.75) is 39.7 Å². The molecule has 0 amide bonds. The first-order valence-electron chi connectivity index (χ1n) is 6.24. The molecule has 0 saturated carbocycles. The fraction of sp³-hybridized carbons (Fsp3) is 0.571. The molecule has 1 aromatic rings. The molecule has 0 aromatic heterocycles. The topological polar surface area (TPSA) is 12.0 Å². The largest absolute Gasteiger partial charge is 0.313 e. The summed E-state index contributed by atoms with van der Waals surface area (Å²) in [5.41, 5.74) is 0.941. The molecule has 0 aliphatic heterocycles. The average Bonchev–Trinajstić information content (AvgIpc) is 2.27. The van der Waals surface area contributed by atoms with E-state index in [0.717, 1.165) is 18.0 Å². The highest BCUT2D eigenvalue weighted by Gasteiger charge is 2.00. The van der Waals surface area contributed by atoms with Crippen molar-refractivity contribution >= 4 is 11.6 Å². The van der Waals surface area contributed by atoms with Gasteiger partial charge in [-0.3, -0.25) is 0 Å². The van der Waals surface area contributed by atoms with Crippen LogP contribution >= 0.6 is 11.6 Å². The molecule has 0 saturated heterocycles. The zero-order valence-electron chi connectivity index (χ0n) is 10.6. The minimum Gasteiger partial charge on any atom is -0.313 e. The van der Waals surface area contributed by atoms with E-state index in [0.29, 0.717) is 6.54 Å².